The lowest BCUT2D eigenvalue weighted by Gasteiger charge is -2.20. The van der Waals surface area contributed by atoms with Gasteiger partial charge in [0.2, 0.25) is 0 Å². The van der Waals surface area contributed by atoms with Crippen LogP contribution in [0.25, 0.3) is 0 Å². The van der Waals surface area contributed by atoms with Crippen LogP contribution in [0, 0.1) is 0 Å². The van der Waals surface area contributed by atoms with Crippen molar-refractivity contribution in [2.24, 2.45) is 0 Å². The van der Waals surface area contributed by atoms with Gasteiger partial charge in [0, 0.05) is 18.8 Å². The zero-order valence-corrected chi connectivity index (χ0v) is 12.6. The molecule has 1 aromatic rings. The summed E-state index contributed by atoms with van der Waals surface area (Å²) in [5, 5.41) is 3.62. The van der Waals surface area contributed by atoms with E-state index in [9.17, 15) is 0 Å². The molecule has 2 rings (SSSR count). The highest BCUT2D eigenvalue weighted by atomic mass is 79.9. The zero-order valence-electron chi connectivity index (χ0n) is 11.0. The first-order valence-electron chi connectivity index (χ1n) is 6.89. The SMILES string of the molecule is CCCN1CCCC(Nc2cccnc2Br)CC1. The van der Waals surface area contributed by atoms with Crippen molar-refractivity contribution in [1.29, 1.82) is 0 Å². The van der Waals surface area contributed by atoms with Gasteiger partial charge in [-0.1, -0.05) is 6.92 Å². The van der Waals surface area contributed by atoms with Gasteiger partial charge in [-0.3, -0.25) is 0 Å². The second-order valence-corrected chi connectivity index (χ2v) is 5.71. The third-order valence-electron chi connectivity index (χ3n) is 3.48. The van der Waals surface area contributed by atoms with Crippen molar-refractivity contribution in [3.05, 3.63) is 22.9 Å². The second-order valence-electron chi connectivity index (χ2n) is 4.96. The van der Waals surface area contributed by atoms with Crippen LogP contribution in [0.5, 0.6) is 0 Å². The van der Waals surface area contributed by atoms with Gasteiger partial charge in [-0.2, -0.15) is 0 Å². The molecule has 1 saturated heterocycles. The van der Waals surface area contributed by atoms with Gasteiger partial charge in [0.05, 0.1) is 5.69 Å². The molecule has 0 aromatic carbocycles. The van der Waals surface area contributed by atoms with Crippen molar-refractivity contribution in [3.63, 3.8) is 0 Å². The minimum atomic E-state index is 0.576. The number of nitrogens with zero attached hydrogens (tertiary/aromatic N) is 2. The summed E-state index contributed by atoms with van der Waals surface area (Å²) in [6.07, 6.45) is 6.83. The minimum absolute atomic E-state index is 0.576. The van der Waals surface area contributed by atoms with E-state index in [1.165, 1.54) is 45.3 Å². The predicted octanol–water partition coefficient (Wildman–Crippen LogP) is 3.52. The molecule has 1 aliphatic rings. The molecule has 0 radical (unpaired) electrons. The molecule has 0 spiro atoms. The molecule has 0 bridgehead atoms. The molecule has 1 atom stereocenters. The van der Waals surface area contributed by atoms with Crippen molar-refractivity contribution in [2.75, 3.05) is 25.0 Å². The third kappa shape index (κ3) is 3.95. The number of likely N-dealkylation sites (tertiary alicyclic amines) is 1. The Hall–Kier alpha value is -0.610. The Labute approximate surface area is 118 Å². The summed E-state index contributed by atoms with van der Waals surface area (Å²) >= 11 is 3.50. The van der Waals surface area contributed by atoms with Crippen molar-refractivity contribution in [2.45, 2.75) is 38.6 Å². The number of pyridine rings is 1. The molecule has 3 nitrogen and oxygen atoms in total. The fourth-order valence-electron chi connectivity index (χ4n) is 2.55. The summed E-state index contributed by atoms with van der Waals surface area (Å²) in [6, 6.07) is 4.64. The van der Waals surface area contributed by atoms with E-state index in [1.54, 1.807) is 0 Å². The molecule has 0 saturated carbocycles. The van der Waals surface area contributed by atoms with E-state index < -0.39 is 0 Å². The largest absolute Gasteiger partial charge is 0.380 e. The van der Waals surface area contributed by atoms with E-state index in [-0.39, 0.29) is 0 Å². The molecule has 100 valence electrons. The Balaban J connectivity index is 1.89. The standard InChI is InChI=1S/C14H22BrN3/c1-2-9-18-10-4-5-12(7-11-18)17-13-6-3-8-16-14(13)15/h3,6,8,12,17H,2,4-5,7,9-11H2,1H3. The molecule has 0 aliphatic carbocycles. The van der Waals surface area contributed by atoms with Crippen LogP contribution in [-0.2, 0) is 0 Å². The number of nitrogens with one attached hydrogen (secondary N) is 1. The average molecular weight is 312 g/mol. The number of anilines is 1. The Kier molecular flexibility index (Phi) is 5.45. The lowest BCUT2D eigenvalue weighted by Crippen LogP contribution is -2.27. The molecule has 1 unspecified atom stereocenters. The van der Waals surface area contributed by atoms with Gasteiger partial charge in [-0.25, -0.2) is 4.98 Å². The van der Waals surface area contributed by atoms with Crippen molar-refractivity contribution in [3.8, 4) is 0 Å². The van der Waals surface area contributed by atoms with Crippen LogP contribution in [0.2, 0.25) is 0 Å². The normalized spacial score (nSPS) is 21.6. The van der Waals surface area contributed by atoms with Crippen LogP contribution in [0.1, 0.15) is 32.6 Å². The highest BCUT2D eigenvalue weighted by molar-refractivity contribution is 9.10. The first-order chi connectivity index (χ1) is 8.79. The number of hydrogen-bond acceptors (Lipinski definition) is 3. The van der Waals surface area contributed by atoms with E-state index >= 15 is 0 Å². The molecular weight excluding hydrogens is 290 g/mol. The van der Waals surface area contributed by atoms with Crippen LogP contribution < -0.4 is 5.32 Å². The highest BCUT2D eigenvalue weighted by Crippen LogP contribution is 2.22. The first kappa shape index (κ1) is 13.8. The fourth-order valence-corrected chi connectivity index (χ4v) is 2.92. The predicted molar refractivity (Wildman–Crippen MR) is 79.9 cm³/mol. The highest BCUT2D eigenvalue weighted by Gasteiger charge is 2.16. The van der Waals surface area contributed by atoms with Crippen molar-refractivity contribution >= 4 is 21.6 Å². The molecule has 1 fully saturated rings. The quantitative estimate of drug-likeness (QED) is 0.862. The second kappa shape index (κ2) is 7.10. The average Bonchev–Trinajstić information content (AvgIpc) is 2.59. The summed E-state index contributed by atoms with van der Waals surface area (Å²) in [5.74, 6) is 0. The first-order valence-corrected chi connectivity index (χ1v) is 7.68. The topological polar surface area (TPSA) is 28.2 Å². The Morgan fingerprint density at radius 1 is 1.44 bits per heavy atom. The van der Waals surface area contributed by atoms with E-state index in [2.05, 4.69) is 44.1 Å². The van der Waals surface area contributed by atoms with Gasteiger partial charge in [-0.05, 0) is 66.8 Å². The van der Waals surface area contributed by atoms with E-state index in [0.717, 1.165) is 10.3 Å². The van der Waals surface area contributed by atoms with Gasteiger partial charge < -0.3 is 10.2 Å². The summed E-state index contributed by atoms with van der Waals surface area (Å²) in [7, 11) is 0. The van der Waals surface area contributed by atoms with Crippen LogP contribution in [-0.4, -0.2) is 35.6 Å². The van der Waals surface area contributed by atoms with E-state index in [0.29, 0.717) is 6.04 Å². The Bertz CT molecular complexity index is 370. The van der Waals surface area contributed by atoms with Gasteiger partial charge in [0.1, 0.15) is 4.60 Å². The molecule has 18 heavy (non-hydrogen) atoms. The molecule has 1 aromatic heterocycles. The molecule has 2 heterocycles. The Morgan fingerprint density at radius 3 is 3.11 bits per heavy atom. The van der Waals surface area contributed by atoms with Crippen LogP contribution in [0.4, 0.5) is 5.69 Å². The summed E-state index contributed by atoms with van der Waals surface area (Å²) in [6.45, 7) is 5.96. The maximum absolute atomic E-state index is 4.26. The summed E-state index contributed by atoms with van der Waals surface area (Å²) < 4.78 is 0.916. The summed E-state index contributed by atoms with van der Waals surface area (Å²) in [5.41, 5.74) is 1.12. The Morgan fingerprint density at radius 2 is 2.33 bits per heavy atom. The van der Waals surface area contributed by atoms with Gasteiger partial charge in [0.15, 0.2) is 0 Å². The monoisotopic (exact) mass is 311 g/mol. The van der Waals surface area contributed by atoms with Gasteiger partial charge >= 0.3 is 0 Å². The lowest BCUT2D eigenvalue weighted by atomic mass is 10.1. The summed E-state index contributed by atoms with van der Waals surface area (Å²) in [4.78, 5) is 6.84. The fraction of sp³-hybridized carbons (Fsp3) is 0.643. The van der Waals surface area contributed by atoms with E-state index in [4.69, 9.17) is 0 Å². The van der Waals surface area contributed by atoms with E-state index in [1.807, 2.05) is 12.3 Å². The molecular formula is C14H22BrN3. The van der Waals surface area contributed by atoms with Crippen molar-refractivity contribution < 1.29 is 0 Å². The molecule has 4 heteroatoms. The molecule has 1 N–H and O–H groups in total. The molecule has 1 aliphatic heterocycles. The maximum atomic E-state index is 4.26. The third-order valence-corrected chi connectivity index (χ3v) is 4.11. The number of hydrogen-bond donors (Lipinski definition) is 1. The van der Waals surface area contributed by atoms with Crippen LogP contribution in [0.15, 0.2) is 22.9 Å². The zero-order chi connectivity index (χ0) is 12.8. The number of halogens is 1. The van der Waals surface area contributed by atoms with Gasteiger partial charge in [0.25, 0.3) is 0 Å². The van der Waals surface area contributed by atoms with Crippen molar-refractivity contribution in [1.82, 2.24) is 9.88 Å². The molecule has 0 amide bonds. The smallest absolute Gasteiger partial charge is 0.129 e. The lowest BCUT2D eigenvalue weighted by molar-refractivity contribution is 0.285. The number of aromatic nitrogens is 1. The maximum Gasteiger partial charge on any atom is 0.129 e. The van der Waals surface area contributed by atoms with Crippen LogP contribution >= 0.6 is 15.9 Å². The minimum Gasteiger partial charge on any atom is -0.380 e. The van der Waals surface area contributed by atoms with Crippen LogP contribution in [0.3, 0.4) is 0 Å². The van der Waals surface area contributed by atoms with Gasteiger partial charge in [-0.15, -0.1) is 0 Å². The number of rotatable bonds is 4.